The van der Waals surface area contributed by atoms with E-state index < -0.39 is 5.97 Å². The molecule has 0 aromatic heterocycles. The molecule has 7 heteroatoms. The van der Waals surface area contributed by atoms with E-state index in [9.17, 15) is 14.0 Å². The van der Waals surface area contributed by atoms with Gasteiger partial charge in [-0.2, -0.15) is 0 Å². The summed E-state index contributed by atoms with van der Waals surface area (Å²) in [5.41, 5.74) is 2.25. The Labute approximate surface area is 182 Å². The Bertz CT molecular complexity index is 932. The molecule has 1 heterocycles. The lowest BCUT2D eigenvalue weighted by atomic mass is 10.1. The van der Waals surface area contributed by atoms with Crippen LogP contribution in [0.4, 0.5) is 4.39 Å². The van der Waals surface area contributed by atoms with Crippen LogP contribution in [0.2, 0.25) is 0 Å². The molecule has 0 unspecified atom stereocenters. The van der Waals surface area contributed by atoms with Gasteiger partial charge in [-0.1, -0.05) is 23.8 Å². The third-order valence-electron chi connectivity index (χ3n) is 5.63. The summed E-state index contributed by atoms with van der Waals surface area (Å²) < 4.78 is 23.7. The third kappa shape index (κ3) is 5.61. The lowest BCUT2D eigenvalue weighted by Gasteiger charge is -2.44. The molecule has 0 saturated carbocycles. The first-order valence-electron chi connectivity index (χ1n) is 10.4. The number of benzene rings is 2. The average Bonchev–Trinajstić information content (AvgIpc) is 2.75. The highest BCUT2D eigenvalue weighted by Gasteiger charge is 2.32. The summed E-state index contributed by atoms with van der Waals surface area (Å²) in [6, 6.07) is 11.9. The summed E-state index contributed by atoms with van der Waals surface area (Å²) >= 11 is 0. The topological polar surface area (TPSA) is 59.1 Å². The standard InChI is InChI=1S/C24H29FN2O4/c1-16-5-10-22(21(11-16)24(29)30-4)31-15-23(28)27-13-17(2)26(12-18(27)3)14-19-6-8-20(25)9-7-19/h5-11,17-18H,12-15H2,1-4H3/t17-,18+/m1/s1. The molecule has 6 nitrogen and oxygen atoms in total. The molecular weight excluding hydrogens is 399 g/mol. The predicted octanol–water partition coefficient (Wildman–Crippen LogP) is 3.42. The zero-order chi connectivity index (χ0) is 22.5. The van der Waals surface area contributed by atoms with Gasteiger partial charge >= 0.3 is 5.97 Å². The van der Waals surface area contributed by atoms with E-state index in [0.717, 1.165) is 11.1 Å². The van der Waals surface area contributed by atoms with Crippen LogP contribution in [0.1, 0.15) is 35.3 Å². The highest BCUT2D eigenvalue weighted by molar-refractivity contribution is 5.92. The second-order valence-electron chi connectivity index (χ2n) is 8.08. The summed E-state index contributed by atoms with van der Waals surface area (Å²) in [5, 5.41) is 0. The molecule has 0 aliphatic carbocycles. The van der Waals surface area contributed by atoms with E-state index in [0.29, 0.717) is 30.9 Å². The largest absolute Gasteiger partial charge is 0.483 e. The smallest absolute Gasteiger partial charge is 0.341 e. The van der Waals surface area contributed by atoms with Crippen LogP contribution in [-0.2, 0) is 16.1 Å². The minimum Gasteiger partial charge on any atom is -0.483 e. The fraction of sp³-hybridized carbons (Fsp3) is 0.417. The molecule has 1 saturated heterocycles. The van der Waals surface area contributed by atoms with Crippen LogP contribution in [0.3, 0.4) is 0 Å². The number of piperazine rings is 1. The van der Waals surface area contributed by atoms with Gasteiger partial charge in [0.05, 0.1) is 7.11 Å². The van der Waals surface area contributed by atoms with Crippen LogP contribution >= 0.6 is 0 Å². The number of rotatable bonds is 6. The van der Waals surface area contributed by atoms with E-state index in [2.05, 4.69) is 11.8 Å². The number of carbonyl (C=O) groups excluding carboxylic acids is 2. The minimum absolute atomic E-state index is 0.00541. The van der Waals surface area contributed by atoms with Gasteiger partial charge in [-0.3, -0.25) is 9.69 Å². The number of carbonyl (C=O) groups is 2. The maximum Gasteiger partial charge on any atom is 0.341 e. The molecule has 31 heavy (non-hydrogen) atoms. The molecule has 166 valence electrons. The summed E-state index contributed by atoms with van der Waals surface area (Å²) in [7, 11) is 1.31. The summed E-state index contributed by atoms with van der Waals surface area (Å²) in [6.07, 6.45) is 0. The van der Waals surface area contributed by atoms with Crippen molar-refractivity contribution in [1.29, 1.82) is 0 Å². The van der Waals surface area contributed by atoms with Crippen molar-refractivity contribution in [2.45, 2.75) is 39.4 Å². The minimum atomic E-state index is -0.498. The number of nitrogens with zero attached hydrogens (tertiary/aromatic N) is 2. The van der Waals surface area contributed by atoms with E-state index >= 15 is 0 Å². The maximum absolute atomic E-state index is 13.2. The first-order valence-corrected chi connectivity index (χ1v) is 10.4. The predicted molar refractivity (Wildman–Crippen MR) is 115 cm³/mol. The van der Waals surface area contributed by atoms with Gasteiger partial charge < -0.3 is 14.4 Å². The molecule has 1 fully saturated rings. The fourth-order valence-electron chi connectivity index (χ4n) is 3.85. The van der Waals surface area contributed by atoms with Crippen LogP contribution in [0, 0.1) is 12.7 Å². The zero-order valence-corrected chi connectivity index (χ0v) is 18.4. The van der Waals surface area contributed by atoms with Crippen molar-refractivity contribution in [3.63, 3.8) is 0 Å². The number of ether oxygens (including phenoxy) is 2. The van der Waals surface area contributed by atoms with Crippen molar-refractivity contribution in [3.05, 3.63) is 65.0 Å². The average molecular weight is 429 g/mol. The summed E-state index contributed by atoms with van der Waals surface area (Å²) in [4.78, 5) is 29.0. The Morgan fingerprint density at radius 2 is 1.77 bits per heavy atom. The van der Waals surface area contributed by atoms with E-state index in [1.807, 2.05) is 24.8 Å². The first kappa shape index (κ1) is 22.7. The Hall–Kier alpha value is -2.93. The maximum atomic E-state index is 13.2. The number of methoxy groups -OCH3 is 1. The Kier molecular flexibility index (Phi) is 7.28. The van der Waals surface area contributed by atoms with Crippen LogP contribution in [0.25, 0.3) is 0 Å². The molecule has 1 aliphatic rings. The second-order valence-corrected chi connectivity index (χ2v) is 8.08. The quantitative estimate of drug-likeness (QED) is 0.660. The third-order valence-corrected chi connectivity index (χ3v) is 5.63. The van der Waals surface area contributed by atoms with E-state index in [1.165, 1.54) is 19.2 Å². The summed E-state index contributed by atoms with van der Waals surface area (Å²) in [6.45, 7) is 7.79. The molecule has 2 aromatic rings. The van der Waals surface area contributed by atoms with Gasteiger partial charge in [0.2, 0.25) is 0 Å². The molecule has 0 radical (unpaired) electrons. The highest BCUT2D eigenvalue weighted by atomic mass is 19.1. The van der Waals surface area contributed by atoms with Crippen molar-refractivity contribution in [2.24, 2.45) is 0 Å². The molecule has 2 aromatic carbocycles. The Morgan fingerprint density at radius 3 is 2.45 bits per heavy atom. The normalized spacial score (nSPS) is 19.2. The van der Waals surface area contributed by atoms with Gasteiger partial charge in [0, 0.05) is 31.7 Å². The molecule has 0 spiro atoms. The van der Waals surface area contributed by atoms with E-state index in [4.69, 9.17) is 9.47 Å². The molecule has 1 amide bonds. The van der Waals surface area contributed by atoms with Gasteiger partial charge in [0.15, 0.2) is 6.61 Å². The molecule has 2 atom stereocenters. The number of aryl methyl sites for hydroxylation is 1. The van der Waals surface area contributed by atoms with E-state index in [1.54, 1.807) is 24.3 Å². The SMILES string of the molecule is COC(=O)c1cc(C)ccc1OCC(=O)N1C[C@@H](C)N(Cc2ccc(F)cc2)C[C@@H]1C. The Morgan fingerprint density at radius 1 is 1.06 bits per heavy atom. The molecule has 0 N–H and O–H groups in total. The van der Waals surface area contributed by atoms with Gasteiger partial charge in [-0.05, 0) is 50.6 Å². The molecule has 3 rings (SSSR count). The zero-order valence-electron chi connectivity index (χ0n) is 18.4. The van der Waals surface area contributed by atoms with Crippen molar-refractivity contribution in [3.8, 4) is 5.75 Å². The molecule has 1 aliphatic heterocycles. The number of hydrogen-bond donors (Lipinski definition) is 0. The number of hydrogen-bond acceptors (Lipinski definition) is 5. The van der Waals surface area contributed by atoms with Crippen molar-refractivity contribution in [2.75, 3.05) is 26.8 Å². The van der Waals surface area contributed by atoms with E-state index in [-0.39, 0.29) is 30.4 Å². The van der Waals surface area contributed by atoms with Crippen molar-refractivity contribution >= 4 is 11.9 Å². The number of halogens is 1. The van der Waals surface area contributed by atoms with Crippen LogP contribution in [0.5, 0.6) is 5.75 Å². The van der Waals surface area contributed by atoms with Crippen LogP contribution < -0.4 is 4.74 Å². The first-order chi connectivity index (χ1) is 14.8. The molecular formula is C24H29FN2O4. The Balaban J connectivity index is 1.61. The second kappa shape index (κ2) is 9.92. The lowest BCUT2D eigenvalue weighted by Crippen LogP contribution is -2.58. The summed E-state index contributed by atoms with van der Waals surface area (Å²) in [5.74, 6) is -0.536. The van der Waals surface area contributed by atoms with Crippen molar-refractivity contribution < 1.29 is 23.5 Å². The monoisotopic (exact) mass is 428 g/mol. The van der Waals surface area contributed by atoms with Crippen LogP contribution in [-0.4, -0.2) is 60.6 Å². The molecule has 0 bridgehead atoms. The fourth-order valence-corrected chi connectivity index (χ4v) is 3.85. The van der Waals surface area contributed by atoms with Gasteiger partial charge in [0.1, 0.15) is 17.1 Å². The van der Waals surface area contributed by atoms with Gasteiger partial charge in [-0.15, -0.1) is 0 Å². The van der Waals surface area contributed by atoms with Crippen molar-refractivity contribution in [1.82, 2.24) is 9.80 Å². The van der Waals surface area contributed by atoms with Gasteiger partial charge in [0.25, 0.3) is 5.91 Å². The number of esters is 1. The number of amides is 1. The van der Waals surface area contributed by atoms with Gasteiger partial charge in [-0.25, -0.2) is 9.18 Å². The highest BCUT2D eigenvalue weighted by Crippen LogP contribution is 2.22. The lowest BCUT2D eigenvalue weighted by molar-refractivity contribution is -0.139. The van der Waals surface area contributed by atoms with Crippen LogP contribution in [0.15, 0.2) is 42.5 Å².